The zero-order valence-electron chi connectivity index (χ0n) is 13.7. The van der Waals surface area contributed by atoms with E-state index < -0.39 is 17.2 Å². The van der Waals surface area contributed by atoms with Crippen molar-refractivity contribution in [1.29, 1.82) is 0 Å². The summed E-state index contributed by atoms with van der Waals surface area (Å²) < 4.78 is 29.2. The number of hydrogen-bond acceptors (Lipinski definition) is 4. The number of nitrogens with zero attached hydrogens (tertiary/aromatic N) is 4. The second-order valence-corrected chi connectivity index (χ2v) is 6.41. The Morgan fingerprint density at radius 2 is 2.00 bits per heavy atom. The number of likely N-dealkylation sites (tertiary alicyclic amines) is 1. The Kier molecular flexibility index (Phi) is 4.91. The molecule has 1 saturated heterocycles. The Bertz CT molecular complexity index is 673. The zero-order valence-corrected chi connectivity index (χ0v) is 13.7. The maximum absolute atomic E-state index is 14.4. The van der Waals surface area contributed by atoms with E-state index in [1.54, 1.807) is 0 Å². The molecule has 0 spiro atoms. The first-order chi connectivity index (χ1) is 11.5. The number of aromatic nitrogens is 3. The van der Waals surface area contributed by atoms with Crippen molar-refractivity contribution in [3.8, 4) is 0 Å². The van der Waals surface area contributed by atoms with Crippen molar-refractivity contribution in [2.24, 2.45) is 0 Å². The number of piperidine rings is 1. The van der Waals surface area contributed by atoms with Crippen LogP contribution in [0.5, 0.6) is 0 Å². The highest BCUT2D eigenvalue weighted by atomic mass is 19.1. The molecule has 1 aliphatic rings. The molecule has 5 nitrogen and oxygen atoms in total. The molecule has 1 N–H and O–H groups in total. The molecule has 1 unspecified atom stereocenters. The highest BCUT2D eigenvalue weighted by Crippen LogP contribution is 2.33. The fourth-order valence-corrected chi connectivity index (χ4v) is 3.45. The van der Waals surface area contributed by atoms with Crippen LogP contribution in [0.1, 0.15) is 31.7 Å². The molecule has 0 amide bonds. The SMILES string of the molecule is C[C@@H](N1CCCCC1)C(O)(Cn1cncn1)c1ccc(F)cc1F. The maximum Gasteiger partial charge on any atom is 0.137 e. The van der Waals surface area contributed by atoms with Crippen molar-refractivity contribution in [3.05, 3.63) is 48.1 Å². The first-order valence-corrected chi connectivity index (χ1v) is 8.25. The van der Waals surface area contributed by atoms with Crippen molar-refractivity contribution < 1.29 is 13.9 Å². The number of halogens is 2. The number of aliphatic hydroxyl groups is 1. The van der Waals surface area contributed by atoms with E-state index in [9.17, 15) is 13.9 Å². The maximum atomic E-state index is 14.4. The lowest BCUT2D eigenvalue weighted by atomic mass is 9.84. The van der Waals surface area contributed by atoms with Gasteiger partial charge in [-0.15, -0.1) is 0 Å². The van der Waals surface area contributed by atoms with Crippen molar-refractivity contribution >= 4 is 0 Å². The van der Waals surface area contributed by atoms with Crippen LogP contribution in [0.25, 0.3) is 0 Å². The van der Waals surface area contributed by atoms with Gasteiger partial charge >= 0.3 is 0 Å². The first-order valence-electron chi connectivity index (χ1n) is 8.25. The van der Waals surface area contributed by atoms with E-state index in [0.717, 1.165) is 38.4 Å². The van der Waals surface area contributed by atoms with Gasteiger partial charge < -0.3 is 5.11 Å². The highest BCUT2D eigenvalue weighted by Gasteiger charge is 2.42. The Balaban J connectivity index is 1.98. The molecule has 0 aliphatic carbocycles. The number of rotatable bonds is 5. The van der Waals surface area contributed by atoms with Gasteiger partial charge in [-0.1, -0.05) is 12.5 Å². The summed E-state index contributed by atoms with van der Waals surface area (Å²) >= 11 is 0. The van der Waals surface area contributed by atoms with E-state index in [4.69, 9.17) is 0 Å². The van der Waals surface area contributed by atoms with Gasteiger partial charge in [-0.3, -0.25) is 4.90 Å². The van der Waals surface area contributed by atoms with Gasteiger partial charge in [-0.25, -0.2) is 18.4 Å². The second-order valence-electron chi connectivity index (χ2n) is 6.41. The number of benzene rings is 1. The topological polar surface area (TPSA) is 54.2 Å². The molecular formula is C17H22F2N4O. The van der Waals surface area contributed by atoms with Gasteiger partial charge in [0, 0.05) is 17.7 Å². The zero-order chi connectivity index (χ0) is 17.2. The van der Waals surface area contributed by atoms with Crippen molar-refractivity contribution in [1.82, 2.24) is 19.7 Å². The van der Waals surface area contributed by atoms with E-state index in [-0.39, 0.29) is 18.2 Å². The third kappa shape index (κ3) is 3.32. The smallest absolute Gasteiger partial charge is 0.137 e. The van der Waals surface area contributed by atoms with Crippen LogP contribution in [0.3, 0.4) is 0 Å². The minimum atomic E-state index is -1.54. The molecule has 1 aromatic heterocycles. The first kappa shape index (κ1) is 17.0. The molecule has 24 heavy (non-hydrogen) atoms. The fourth-order valence-electron chi connectivity index (χ4n) is 3.45. The molecule has 1 aliphatic heterocycles. The fraction of sp³-hybridized carbons (Fsp3) is 0.529. The summed E-state index contributed by atoms with van der Waals surface area (Å²) in [6, 6.07) is 2.96. The molecule has 130 valence electrons. The van der Waals surface area contributed by atoms with Crippen molar-refractivity contribution in [2.75, 3.05) is 13.1 Å². The Morgan fingerprint density at radius 3 is 2.62 bits per heavy atom. The monoisotopic (exact) mass is 336 g/mol. The molecule has 1 fully saturated rings. The lowest BCUT2D eigenvalue weighted by Crippen LogP contribution is -2.53. The van der Waals surface area contributed by atoms with Gasteiger partial charge in [0.2, 0.25) is 0 Å². The van der Waals surface area contributed by atoms with Crippen molar-refractivity contribution in [3.63, 3.8) is 0 Å². The third-order valence-corrected chi connectivity index (χ3v) is 4.90. The lowest BCUT2D eigenvalue weighted by Gasteiger charge is -2.42. The second kappa shape index (κ2) is 6.94. The highest BCUT2D eigenvalue weighted by molar-refractivity contribution is 5.27. The largest absolute Gasteiger partial charge is 0.381 e. The Labute approximate surface area is 139 Å². The summed E-state index contributed by atoms with van der Waals surface area (Å²) in [6.45, 7) is 3.63. The predicted molar refractivity (Wildman–Crippen MR) is 85.2 cm³/mol. The number of hydrogen-bond donors (Lipinski definition) is 1. The van der Waals surface area contributed by atoms with Gasteiger partial charge in [0.1, 0.15) is 29.9 Å². The van der Waals surface area contributed by atoms with Crippen molar-refractivity contribution in [2.45, 2.75) is 44.4 Å². The molecule has 7 heteroatoms. The predicted octanol–water partition coefficient (Wildman–Crippen LogP) is 2.32. The van der Waals surface area contributed by atoms with Crippen LogP contribution in [-0.2, 0) is 12.1 Å². The average molecular weight is 336 g/mol. The molecule has 3 rings (SSSR count). The quantitative estimate of drug-likeness (QED) is 0.910. The van der Waals surface area contributed by atoms with Crippen LogP contribution < -0.4 is 0 Å². The minimum Gasteiger partial charge on any atom is -0.381 e. The van der Waals surface area contributed by atoms with Crippen LogP contribution in [0, 0.1) is 11.6 Å². The molecule has 0 saturated carbocycles. The third-order valence-electron chi connectivity index (χ3n) is 4.90. The lowest BCUT2D eigenvalue weighted by molar-refractivity contribution is -0.0680. The van der Waals surface area contributed by atoms with Crippen LogP contribution in [-0.4, -0.2) is 43.9 Å². The van der Waals surface area contributed by atoms with Gasteiger partial charge in [-0.05, 0) is 38.9 Å². The normalized spacial score (nSPS) is 19.8. The summed E-state index contributed by atoms with van der Waals surface area (Å²) in [5.41, 5.74) is -1.46. The summed E-state index contributed by atoms with van der Waals surface area (Å²) in [5.74, 6) is -1.41. The van der Waals surface area contributed by atoms with Crippen LogP contribution in [0.15, 0.2) is 30.9 Å². The van der Waals surface area contributed by atoms with E-state index in [2.05, 4.69) is 15.0 Å². The molecule has 0 radical (unpaired) electrons. The van der Waals surface area contributed by atoms with E-state index in [1.807, 2.05) is 6.92 Å². The standard InChI is InChI=1S/C17H22F2N4O/c1-13(22-7-3-2-4-8-22)17(24,10-23-12-20-11-21-23)15-6-5-14(18)9-16(15)19/h5-6,9,11-13,24H,2-4,7-8,10H2,1H3/t13-,17?/m1/s1. The Morgan fingerprint density at radius 1 is 1.25 bits per heavy atom. The van der Waals surface area contributed by atoms with Gasteiger partial charge in [-0.2, -0.15) is 5.10 Å². The minimum absolute atomic E-state index is 0.0488. The average Bonchev–Trinajstić information content (AvgIpc) is 3.07. The molecule has 2 atom stereocenters. The molecule has 1 aromatic carbocycles. The van der Waals surface area contributed by atoms with Crippen LogP contribution in [0.2, 0.25) is 0 Å². The summed E-state index contributed by atoms with van der Waals surface area (Å²) in [7, 11) is 0. The van der Waals surface area contributed by atoms with Gasteiger partial charge in [0.25, 0.3) is 0 Å². The summed E-state index contributed by atoms with van der Waals surface area (Å²) in [6.07, 6.45) is 6.11. The van der Waals surface area contributed by atoms with Crippen LogP contribution >= 0.6 is 0 Å². The van der Waals surface area contributed by atoms with E-state index in [0.29, 0.717) is 0 Å². The molecule has 0 bridgehead atoms. The van der Waals surface area contributed by atoms with E-state index >= 15 is 0 Å². The Hall–Kier alpha value is -1.86. The van der Waals surface area contributed by atoms with Gasteiger partial charge in [0.15, 0.2) is 0 Å². The summed E-state index contributed by atoms with van der Waals surface area (Å²) in [4.78, 5) is 6.04. The van der Waals surface area contributed by atoms with E-state index in [1.165, 1.54) is 29.5 Å². The molecule has 2 heterocycles. The van der Waals surface area contributed by atoms with Gasteiger partial charge in [0.05, 0.1) is 6.54 Å². The molecular weight excluding hydrogens is 314 g/mol. The molecule has 2 aromatic rings. The summed E-state index contributed by atoms with van der Waals surface area (Å²) in [5, 5.41) is 15.5. The van der Waals surface area contributed by atoms with Crippen LogP contribution in [0.4, 0.5) is 8.78 Å².